The van der Waals surface area contributed by atoms with Crippen molar-refractivity contribution in [2.75, 3.05) is 36.9 Å². The highest BCUT2D eigenvalue weighted by atomic mass is 15.3. The number of nitrogens with zero attached hydrogens (tertiary/aromatic N) is 3. The first kappa shape index (κ1) is 19.7. The lowest BCUT2D eigenvalue weighted by molar-refractivity contribution is 0.234. The number of para-hydroxylation sites is 1. The molecule has 0 saturated carbocycles. The number of rotatable bonds is 4. The van der Waals surface area contributed by atoms with Crippen molar-refractivity contribution in [3.8, 4) is 0 Å². The van der Waals surface area contributed by atoms with E-state index in [-0.39, 0.29) is 0 Å². The normalized spacial score (nSPS) is 17.9. The molecule has 4 rings (SSSR count). The number of likely N-dealkylation sites (N-methyl/N-ethyl adjacent to an activating group) is 1. The molecule has 1 aromatic heterocycles. The summed E-state index contributed by atoms with van der Waals surface area (Å²) in [6.07, 6.45) is 0. The zero-order valence-electron chi connectivity index (χ0n) is 18.2. The molecule has 0 spiro atoms. The van der Waals surface area contributed by atoms with E-state index >= 15 is 0 Å². The van der Waals surface area contributed by atoms with E-state index in [0.29, 0.717) is 12.0 Å². The SMILES string of the molecule is Cc1nc2ccccc2c(Nc2ccc(N3CCN(C)C(C)C3)cc2)c1C(C)C. The molecule has 1 fully saturated rings. The minimum Gasteiger partial charge on any atom is -0.369 e. The topological polar surface area (TPSA) is 31.4 Å². The van der Waals surface area contributed by atoms with Gasteiger partial charge < -0.3 is 15.1 Å². The van der Waals surface area contributed by atoms with E-state index in [9.17, 15) is 0 Å². The molecular formula is C25H32N4. The van der Waals surface area contributed by atoms with Crippen LogP contribution in [0.1, 0.15) is 37.9 Å². The van der Waals surface area contributed by atoms with E-state index in [0.717, 1.165) is 36.5 Å². The maximum atomic E-state index is 4.84. The Morgan fingerprint density at radius 1 is 1.03 bits per heavy atom. The van der Waals surface area contributed by atoms with Crippen molar-refractivity contribution in [2.45, 2.75) is 39.7 Å². The summed E-state index contributed by atoms with van der Waals surface area (Å²) in [6, 6.07) is 17.9. The van der Waals surface area contributed by atoms with E-state index in [1.54, 1.807) is 0 Å². The number of aromatic nitrogens is 1. The summed E-state index contributed by atoms with van der Waals surface area (Å²) in [7, 11) is 2.21. The third kappa shape index (κ3) is 3.95. The van der Waals surface area contributed by atoms with Gasteiger partial charge in [-0.05, 0) is 57.1 Å². The highest BCUT2D eigenvalue weighted by Gasteiger charge is 2.21. The molecular weight excluding hydrogens is 356 g/mol. The Balaban J connectivity index is 1.64. The van der Waals surface area contributed by atoms with Crippen LogP contribution in [0.3, 0.4) is 0 Å². The lowest BCUT2D eigenvalue weighted by atomic mass is 9.96. The molecule has 1 aliphatic rings. The maximum Gasteiger partial charge on any atom is 0.0726 e. The van der Waals surface area contributed by atoms with Crippen molar-refractivity contribution in [1.29, 1.82) is 0 Å². The van der Waals surface area contributed by atoms with Crippen molar-refractivity contribution in [3.63, 3.8) is 0 Å². The quantitative estimate of drug-likeness (QED) is 0.635. The zero-order valence-corrected chi connectivity index (χ0v) is 18.2. The molecule has 1 unspecified atom stereocenters. The van der Waals surface area contributed by atoms with Gasteiger partial charge in [0.25, 0.3) is 0 Å². The second-order valence-electron chi connectivity index (χ2n) is 8.61. The molecule has 152 valence electrons. The third-order valence-electron chi connectivity index (χ3n) is 6.16. The molecule has 0 radical (unpaired) electrons. The summed E-state index contributed by atoms with van der Waals surface area (Å²) in [4.78, 5) is 9.75. The van der Waals surface area contributed by atoms with Crippen LogP contribution in [0.2, 0.25) is 0 Å². The number of piperazine rings is 1. The van der Waals surface area contributed by atoms with Gasteiger partial charge in [0.1, 0.15) is 0 Å². The Morgan fingerprint density at radius 3 is 2.45 bits per heavy atom. The standard InChI is InChI=1S/C25H32N4/c1-17(2)24-19(4)26-23-9-7-6-8-22(23)25(24)27-20-10-12-21(13-11-20)29-15-14-28(5)18(3)16-29/h6-13,17-18H,14-16H2,1-5H3,(H,26,27). The van der Waals surface area contributed by atoms with Crippen LogP contribution in [0, 0.1) is 6.92 Å². The van der Waals surface area contributed by atoms with Crippen LogP contribution in [-0.4, -0.2) is 42.6 Å². The molecule has 0 amide bonds. The van der Waals surface area contributed by atoms with Crippen LogP contribution < -0.4 is 10.2 Å². The second-order valence-corrected chi connectivity index (χ2v) is 8.61. The number of hydrogen-bond donors (Lipinski definition) is 1. The fourth-order valence-corrected chi connectivity index (χ4v) is 4.37. The molecule has 4 nitrogen and oxygen atoms in total. The van der Waals surface area contributed by atoms with E-state index in [2.05, 4.69) is 98.4 Å². The fraction of sp³-hybridized carbons (Fsp3) is 0.400. The van der Waals surface area contributed by atoms with E-state index < -0.39 is 0 Å². The van der Waals surface area contributed by atoms with Gasteiger partial charge in [-0.3, -0.25) is 4.98 Å². The Bertz CT molecular complexity index is 994. The molecule has 1 saturated heterocycles. The number of nitrogens with one attached hydrogen (secondary N) is 1. The second kappa shape index (κ2) is 8.03. The van der Waals surface area contributed by atoms with Gasteiger partial charge in [0, 0.05) is 53.7 Å². The lowest BCUT2D eigenvalue weighted by Crippen LogP contribution is -2.50. The van der Waals surface area contributed by atoms with Gasteiger partial charge in [0.15, 0.2) is 0 Å². The average Bonchev–Trinajstić information content (AvgIpc) is 2.70. The number of pyridine rings is 1. The van der Waals surface area contributed by atoms with Crippen LogP contribution in [0.4, 0.5) is 17.1 Å². The van der Waals surface area contributed by atoms with E-state index in [4.69, 9.17) is 4.98 Å². The fourth-order valence-electron chi connectivity index (χ4n) is 4.37. The maximum absolute atomic E-state index is 4.84. The summed E-state index contributed by atoms with van der Waals surface area (Å²) in [6.45, 7) is 12.2. The summed E-state index contributed by atoms with van der Waals surface area (Å²) in [5.74, 6) is 0.403. The van der Waals surface area contributed by atoms with Gasteiger partial charge in [-0.1, -0.05) is 32.0 Å². The predicted octanol–water partition coefficient (Wildman–Crippen LogP) is 5.55. The minimum atomic E-state index is 0.403. The Labute approximate surface area is 174 Å². The van der Waals surface area contributed by atoms with Gasteiger partial charge in [-0.25, -0.2) is 0 Å². The molecule has 0 aliphatic carbocycles. The lowest BCUT2D eigenvalue weighted by Gasteiger charge is -2.39. The number of benzene rings is 2. The summed E-state index contributed by atoms with van der Waals surface area (Å²) < 4.78 is 0. The monoisotopic (exact) mass is 388 g/mol. The first-order valence-corrected chi connectivity index (χ1v) is 10.7. The van der Waals surface area contributed by atoms with Crippen LogP contribution in [0.25, 0.3) is 10.9 Å². The molecule has 1 atom stereocenters. The van der Waals surface area contributed by atoms with Crippen molar-refractivity contribution < 1.29 is 0 Å². The Kier molecular flexibility index (Phi) is 5.46. The Hall–Kier alpha value is -2.59. The van der Waals surface area contributed by atoms with Gasteiger partial charge in [-0.15, -0.1) is 0 Å². The van der Waals surface area contributed by atoms with Crippen LogP contribution in [0.15, 0.2) is 48.5 Å². The van der Waals surface area contributed by atoms with E-state index in [1.165, 1.54) is 22.3 Å². The van der Waals surface area contributed by atoms with Gasteiger partial charge >= 0.3 is 0 Å². The average molecular weight is 389 g/mol. The van der Waals surface area contributed by atoms with E-state index in [1.807, 2.05) is 0 Å². The minimum absolute atomic E-state index is 0.403. The molecule has 3 aromatic rings. The molecule has 1 aliphatic heterocycles. The van der Waals surface area contributed by atoms with Crippen molar-refractivity contribution in [2.24, 2.45) is 0 Å². The number of fused-ring (bicyclic) bond motifs is 1. The molecule has 2 aromatic carbocycles. The summed E-state index contributed by atoms with van der Waals surface area (Å²) in [5, 5.41) is 4.90. The highest BCUT2D eigenvalue weighted by Crippen LogP contribution is 2.35. The van der Waals surface area contributed by atoms with Gasteiger partial charge in [0.05, 0.1) is 11.2 Å². The number of hydrogen-bond acceptors (Lipinski definition) is 4. The first-order chi connectivity index (χ1) is 13.9. The van der Waals surface area contributed by atoms with Crippen molar-refractivity contribution in [1.82, 2.24) is 9.88 Å². The van der Waals surface area contributed by atoms with Crippen molar-refractivity contribution >= 4 is 28.0 Å². The Morgan fingerprint density at radius 2 is 1.76 bits per heavy atom. The van der Waals surface area contributed by atoms with Gasteiger partial charge in [-0.2, -0.15) is 0 Å². The zero-order chi connectivity index (χ0) is 20.5. The number of aryl methyl sites for hydroxylation is 1. The summed E-state index contributed by atoms with van der Waals surface area (Å²) in [5.41, 5.74) is 7.04. The molecule has 1 N–H and O–H groups in total. The predicted molar refractivity (Wildman–Crippen MR) is 125 cm³/mol. The van der Waals surface area contributed by atoms with Crippen LogP contribution >= 0.6 is 0 Å². The molecule has 4 heteroatoms. The molecule has 29 heavy (non-hydrogen) atoms. The smallest absolute Gasteiger partial charge is 0.0726 e. The first-order valence-electron chi connectivity index (χ1n) is 10.7. The van der Waals surface area contributed by atoms with Gasteiger partial charge in [0.2, 0.25) is 0 Å². The summed E-state index contributed by atoms with van der Waals surface area (Å²) >= 11 is 0. The molecule has 2 heterocycles. The third-order valence-corrected chi connectivity index (χ3v) is 6.16. The van der Waals surface area contributed by atoms with Crippen LogP contribution in [-0.2, 0) is 0 Å². The highest BCUT2D eigenvalue weighted by molar-refractivity contribution is 5.95. The molecule has 0 bridgehead atoms. The number of anilines is 3. The van der Waals surface area contributed by atoms with Crippen LogP contribution in [0.5, 0.6) is 0 Å². The largest absolute Gasteiger partial charge is 0.369 e. The van der Waals surface area contributed by atoms with Crippen molar-refractivity contribution in [3.05, 3.63) is 59.8 Å².